The van der Waals surface area contributed by atoms with Gasteiger partial charge in [-0.3, -0.25) is 4.99 Å². The number of hydrogen-bond acceptors (Lipinski definition) is 4. The molecule has 0 radical (unpaired) electrons. The Morgan fingerprint density at radius 2 is 2.10 bits per heavy atom. The Kier molecular flexibility index (Phi) is 7.35. The Hall–Kier alpha value is -2.29. The van der Waals surface area contributed by atoms with E-state index in [1.54, 1.807) is 13.2 Å². The SMILES string of the molecule is CN=C(NCc1ccnc(OCC2CC2)c1)NC(C)c1cc2ccccc2o1.I. The van der Waals surface area contributed by atoms with Crippen molar-refractivity contribution in [3.05, 3.63) is 60.0 Å². The third kappa shape index (κ3) is 5.85. The van der Waals surface area contributed by atoms with E-state index in [4.69, 9.17) is 9.15 Å². The summed E-state index contributed by atoms with van der Waals surface area (Å²) >= 11 is 0. The van der Waals surface area contributed by atoms with Gasteiger partial charge in [-0.1, -0.05) is 18.2 Å². The van der Waals surface area contributed by atoms with Crippen LogP contribution >= 0.6 is 24.0 Å². The van der Waals surface area contributed by atoms with Crippen LogP contribution in [0.2, 0.25) is 0 Å². The predicted octanol–water partition coefficient (Wildman–Crippen LogP) is 4.66. The van der Waals surface area contributed by atoms with Gasteiger partial charge >= 0.3 is 0 Å². The van der Waals surface area contributed by atoms with E-state index >= 15 is 0 Å². The second-order valence-corrected chi connectivity index (χ2v) is 7.24. The third-order valence-corrected chi connectivity index (χ3v) is 4.87. The van der Waals surface area contributed by atoms with Gasteiger partial charge in [0.1, 0.15) is 11.3 Å². The van der Waals surface area contributed by atoms with Gasteiger partial charge < -0.3 is 19.8 Å². The number of halogens is 1. The molecule has 29 heavy (non-hydrogen) atoms. The van der Waals surface area contributed by atoms with Gasteiger partial charge in [-0.2, -0.15) is 0 Å². The second kappa shape index (κ2) is 9.96. The Morgan fingerprint density at radius 3 is 2.86 bits per heavy atom. The highest BCUT2D eigenvalue weighted by molar-refractivity contribution is 14.0. The first-order chi connectivity index (χ1) is 13.7. The van der Waals surface area contributed by atoms with E-state index in [-0.39, 0.29) is 30.0 Å². The number of nitrogens with zero attached hydrogens (tertiary/aromatic N) is 2. The van der Waals surface area contributed by atoms with Crippen LogP contribution in [0.5, 0.6) is 5.88 Å². The molecule has 0 saturated heterocycles. The fraction of sp³-hybridized carbons (Fsp3) is 0.364. The number of benzene rings is 1. The molecular formula is C22H27IN4O2. The van der Waals surface area contributed by atoms with Crippen molar-refractivity contribution < 1.29 is 9.15 Å². The fourth-order valence-corrected chi connectivity index (χ4v) is 3.00. The Balaban J connectivity index is 0.00000240. The van der Waals surface area contributed by atoms with Crippen LogP contribution in [0.1, 0.15) is 37.1 Å². The van der Waals surface area contributed by atoms with Crippen LogP contribution in [0.25, 0.3) is 11.0 Å². The molecule has 2 heterocycles. The number of nitrogens with one attached hydrogen (secondary N) is 2. The number of hydrogen-bond donors (Lipinski definition) is 2. The number of pyridine rings is 1. The Morgan fingerprint density at radius 1 is 1.28 bits per heavy atom. The lowest BCUT2D eigenvalue weighted by atomic mass is 10.2. The van der Waals surface area contributed by atoms with Gasteiger partial charge in [0.25, 0.3) is 0 Å². The molecule has 1 saturated carbocycles. The maximum Gasteiger partial charge on any atom is 0.213 e. The first-order valence-corrected chi connectivity index (χ1v) is 9.74. The van der Waals surface area contributed by atoms with Gasteiger partial charge in [0, 0.05) is 31.2 Å². The average Bonchev–Trinajstić information content (AvgIpc) is 3.45. The normalized spacial score (nSPS) is 14.9. The topological polar surface area (TPSA) is 71.7 Å². The van der Waals surface area contributed by atoms with Crippen LogP contribution in [0, 0.1) is 5.92 Å². The van der Waals surface area contributed by atoms with E-state index in [1.807, 2.05) is 30.3 Å². The summed E-state index contributed by atoms with van der Waals surface area (Å²) in [7, 11) is 1.76. The standard InChI is InChI=1S/C22H26N4O2.HI/c1-15(20-12-18-5-3-4-6-19(18)28-20)26-22(23-2)25-13-17-9-10-24-21(11-17)27-14-16-7-8-16;/h3-6,9-12,15-16H,7-8,13-14H2,1-2H3,(H2,23,25,26);1H. The summed E-state index contributed by atoms with van der Waals surface area (Å²) < 4.78 is 11.7. The van der Waals surface area contributed by atoms with Crippen molar-refractivity contribution in [1.82, 2.24) is 15.6 Å². The molecule has 154 valence electrons. The number of fused-ring (bicyclic) bond motifs is 1. The van der Waals surface area contributed by atoms with Gasteiger partial charge in [0.15, 0.2) is 5.96 Å². The van der Waals surface area contributed by atoms with E-state index in [0.717, 1.165) is 28.9 Å². The average molecular weight is 506 g/mol. The van der Waals surface area contributed by atoms with Crippen LogP contribution in [0.15, 0.2) is 58.1 Å². The van der Waals surface area contributed by atoms with Crippen molar-refractivity contribution in [2.45, 2.75) is 32.4 Å². The van der Waals surface area contributed by atoms with Gasteiger partial charge in [-0.25, -0.2) is 4.98 Å². The molecule has 1 aliphatic carbocycles. The number of aliphatic imine (C=N–C) groups is 1. The molecule has 1 aromatic carbocycles. The number of furan rings is 1. The van der Waals surface area contributed by atoms with Gasteiger partial charge in [0.05, 0.1) is 12.6 Å². The molecule has 0 spiro atoms. The minimum atomic E-state index is -0.00604. The smallest absolute Gasteiger partial charge is 0.213 e. The van der Waals surface area contributed by atoms with Crippen molar-refractivity contribution in [3.63, 3.8) is 0 Å². The van der Waals surface area contributed by atoms with E-state index in [9.17, 15) is 0 Å². The lowest BCUT2D eigenvalue weighted by molar-refractivity contribution is 0.288. The van der Waals surface area contributed by atoms with Crippen LogP contribution in [-0.4, -0.2) is 24.6 Å². The van der Waals surface area contributed by atoms with Gasteiger partial charge in [0.2, 0.25) is 5.88 Å². The predicted molar refractivity (Wildman–Crippen MR) is 126 cm³/mol. The molecule has 2 aromatic heterocycles. The minimum absolute atomic E-state index is 0. The highest BCUT2D eigenvalue weighted by atomic mass is 127. The summed E-state index contributed by atoms with van der Waals surface area (Å²) in [6.07, 6.45) is 4.33. The van der Waals surface area contributed by atoms with E-state index in [1.165, 1.54) is 12.8 Å². The van der Waals surface area contributed by atoms with Crippen molar-refractivity contribution >= 4 is 40.9 Å². The first kappa shape index (κ1) is 21.4. The molecular weight excluding hydrogens is 479 g/mol. The van der Waals surface area contributed by atoms with Crippen LogP contribution in [0.3, 0.4) is 0 Å². The van der Waals surface area contributed by atoms with Crippen LogP contribution in [-0.2, 0) is 6.54 Å². The lowest BCUT2D eigenvalue weighted by Crippen LogP contribution is -2.38. The molecule has 0 amide bonds. The molecule has 0 aliphatic heterocycles. The zero-order chi connectivity index (χ0) is 19.3. The number of aromatic nitrogens is 1. The number of rotatable bonds is 7. The monoisotopic (exact) mass is 506 g/mol. The van der Waals surface area contributed by atoms with Crippen molar-refractivity contribution in [2.24, 2.45) is 10.9 Å². The van der Waals surface area contributed by atoms with Gasteiger partial charge in [-0.15, -0.1) is 24.0 Å². The quantitative estimate of drug-likeness (QED) is 0.277. The van der Waals surface area contributed by atoms with Crippen LogP contribution < -0.4 is 15.4 Å². The summed E-state index contributed by atoms with van der Waals surface area (Å²) in [6.45, 7) is 3.46. The number of para-hydroxylation sites is 1. The van der Waals surface area contributed by atoms with Crippen LogP contribution in [0.4, 0.5) is 0 Å². The highest BCUT2D eigenvalue weighted by Gasteiger charge is 2.22. The molecule has 1 atom stereocenters. The molecule has 6 nitrogen and oxygen atoms in total. The van der Waals surface area contributed by atoms with Crippen molar-refractivity contribution in [2.75, 3.05) is 13.7 Å². The van der Waals surface area contributed by atoms with Crippen molar-refractivity contribution in [3.8, 4) is 5.88 Å². The summed E-state index contributed by atoms with van der Waals surface area (Å²) in [5.74, 6) is 2.99. The molecule has 1 fully saturated rings. The molecule has 0 bridgehead atoms. The first-order valence-electron chi connectivity index (χ1n) is 9.74. The zero-order valence-corrected chi connectivity index (χ0v) is 19.1. The molecule has 7 heteroatoms. The maximum atomic E-state index is 5.93. The number of ether oxygens (including phenoxy) is 1. The summed E-state index contributed by atoms with van der Waals surface area (Å²) in [4.78, 5) is 8.61. The summed E-state index contributed by atoms with van der Waals surface area (Å²) in [5.41, 5.74) is 1.99. The van der Waals surface area contributed by atoms with E-state index in [0.29, 0.717) is 24.3 Å². The Labute approximate surface area is 188 Å². The van der Waals surface area contributed by atoms with E-state index < -0.39 is 0 Å². The highest BCUT2D eigenvalue weighted by Crippen LogP contribution is 2.29. The molecule has 1 unspecified atom stereocenters. The maximum absolute atomic E-state index is 5.93. The molecule has 1 aliphatic rings. The fourth-order valence-electron chi connectivity index (χ4n) is 3.00. The van der Waals surface area contributed by atoms with Crippen molar-refractivity contribution in [1.29, 1.82) is 0 Å². The Bertz CT molecular complexity index is 935. The minimum Gasteiger partial charge on any atom is -0.477 e. The molecule has 3 aromatic rings. The zero-order valence-electron chi connectivity index (χ0n) is 16.7. The van der Waals surface area contributed by atoms with Gasteiger partial charge in [-0.05, 0) is 49.4 Å². The largest absolute Gasteiger partial charge is 0.477 e. The second-order valence-electron chi connectivity index (χ2n) is 7.24. The summed E-state index contributed by atoms with van der Waals surface area (Å²) in [6, 6.07) is 14.0. The van der Waals surface area contributed by atoms with E-state index in [2.05, 4.69) is 39.7 Å². The summed E-state index contributed by atoms with van der Waals surface area (Å²) in [5, 5.41) is 7.82. The lowest BCUT2D eigenvalue weighted by Gasteiger charge is -2.16. The third-order valence-electron chi connectivity index (χ3n) is 4.87. The molecule has 2 N–H and O–H groups in total. The molecule has 4 rings (SSSR count). The number of guanidine groups is 1.